The molecule has 0 radical (unpaired) electrons. The van der Waals surface area contributed by atoms with Crippen LogP contribution < -0.4 is 19.7 Å². The molecule has 2 aliphatic rings. The van der Waals surface area contributed by atoms with Crippen LogP contribution in [0.15, 0.2) is 48.7 Å². The van der Waals surface area contributed by atoms with Crippen LogP contribution in [0, 0.1) is 6.92 Å². The molecule has 5 rings (SSSR count). The van der Waals surface area contributed by atoms with E-state index in [2.05, 4.69) is 39.3 Å². The minimum absolute atomic E-state index is 0.463. The number of ether oxygens (including phenoxy) is 3. The molecule has 2 aliphatic heterocycles. The average Bonchev–Trinajstić information content (AvgIpc) is 2.85. The van der Waals surface area contributed by atoms with E-state index < -0.39 is 0 Å². The number of aromatic nitrogens is 2. The van der Waals surface area contributed by atoms with Crippen LogP contribution in [-0.2, 0) is 4.74 Å². The topological polar surface area (TPSA) is 72.0 Å². The number of piperazine rings is 1. The lowest BCUT2D eigenvalue weighted by atomic mass is 10.1. The van der Waals surface area contributed by atoms with Gasteiger partial charge < -0.3 is 29.3 Å². The predicted octanol–water partition coefficient (Wildman–Crippen LogP) is 3.74. The van der Waals surface area contributed by atoms with Gasteiger partial charge in [-0.05, 0) is 43.8 Å². The molecule has 34 heavy (non-hydrogen) atoms. The zero-order valence-corrected chi connectivity index (χ0v) is 19.8. The summed E-state index contributed by atoms with van der Waals surface area (Å²) in [5.74, 6) is 2.16. The fraction of sp³-hybridized carbons (Fsp3) is 0.385. The molecule has 3 aromatic rings. The van der Waals surface area contributed by atoms with Crippen LogP contribution in [0.1, 0.15) is 5.56 Å². The Balaban J connectivity index is 1.47. The van der Waals surface area contributed by atoms with Crippen molar-refractivity contribution in [3.63, 3.8) is 0 Å². The largest absolute Gasteiger partial charge is 0.491 e. The van der Waals surface area contributed by atoms with Crippen LogP contribution in [0.5, 0.6) is 11.5 Å². The van der Waals surface area contributed by atoms with E-state index in [-0.39, 0.29) is 0 Å². The molecule has 0 amide bonds. The maximum atomic E-state index is 6.19. The van der Waals surface area contributed by atoms with Crippen molar-refractivity contribution < 1.29 is 14.2 Å². The van der Waals surface area contributed by atoms with Gasteiger partial charge in [0.25, 0.3) is 0 Å². The fourth-order valence-corrected chi connectivity index (χ4v) is 4.20. The van der Waals surface area contributed by atoms with Gasteiger partial charge in [-0.15, -0.1) is 0 Å². The van der Waals surface area contributed by atoms with Crippen LogP contribution in [0.2, 0.25) is 0 Å². The van der Waals surface area contributed by atoms with Crippen molar-refractivity contribution in [1.29, 1.82) is 0 Å². The third-order valence-electron chi connectivity index (χ3n) is 6.12. The summed E-state index contributed by atoms with van der Waals surface area (Å²) < 4.78 is 17.8. The second-order valence-electron chi connectivity index (χ2n) is 8.66. The minimum atomic E-state index is 0.463. The first-order valence-corrected chi connectivity index (χ1v) is 11.8. The van der Waals surface area contributed by atoms with Crippen LogP contribution in [0.25, 0.3) is 11.3 Å². The predicted molar refractivity (Wildman–Crippen MR) is 133 cm³/mol. The molecule has 8 nitrogen and oxygen atoms in total. The van der Waals surface area contributed by atoms with Gasteiger partial charge in [0.05, 0.1) is 24.6 Å². The second-order valence-corrected chi connectivity index (χ2v) is 8.66. The normalized spacial score (nSPS) is 17.2. The Kier molecular flexibility index (Phi) is 6.78. The number of likely N-dealkylation sites (N-methyl/N-ethyl adjacent to an activating group) is 1. The van der Waals surface area contributed by atoms with E-state index in [0.29, 0.717) is 32.4 Å². The third kappa shape index (κ3) is 5.24. The third-order valence-corrected chi connectivity index (χ3v) is 6.12. The van der Waals surface area contributed by atoms with Crippen LogP contribution in [0.4, 0.5) is 17.3 Å². The van der Waals surface area contributed by atoms with Gasteiger partial charge in [-0.3, -0.25) is 0 Å². The van der Waals surface area contributed by atoms with Crippen molar-refractivity contribution >= 4 is 17.3 Å². The van der Waals surface area contributed by atoms with Crippen LogP contribution >= 0.6 is 0 Å². The number of benzene rings is 2. The molecule has 1 saturated heterocycles. The summed E-state index contributed by atoms with van der Waals surface area (Å²) in [4.78, 5) is 14.0. The lowest BCUT2D eigenvalue weighted by molar-refractivity contribution is 0.0765. The standard InChI is InChI=1S/C26H31N5O3/c1-19-18-27-26-28-21-6-7-23(31-10-8-30(2)9-11-31)24(17-21)34-15-13-32-12-14-33-22-5-3-4-20(16-22)25(19)29-26/h3-7,16-18H,8-15H2,1-2H3,(H,27,28,29). The minimum Gasteiger partial charge on any atom is -0.491 e. The summed E-state index contributed by atoms with van der Waals surface area (Å²) in [5.41, 5.74) is 4.83. The molecule has 1 N–H and O–H groups in total. The Morgan fingerprint density at radius 3 is 2.59 bits per heavy atom. The highest BCUT2D eigenvalue weighted by molar-refractivity contribution is 5.69. The van der Waals surface area contributed by atoms with E-state index in [1.165, 1.54) is 0 Å². The van der Waals surface area contributed by atoms with Gasteiger partial charge in [-0.2, -0.15) is 0 Å². The Morgan fingerprint density at radius 1 is 0.912 bits per heavy atom. The van der Waals surface area contributed by atoms with E-state index in [0.717, 1.165) is 65.9 Å². The average molecular weight is 462 g/mol. The maximum Gasteiger partial charge on any atom is 0.227 e. The molecule has 1 fully saturated rings. The highest BCUT2D eigenvalue weighted by Gasteiger charge is 2.19. The first kappa shape index (κ1) is 22.4. The summed E-state index contributed by atoms with van der Waals surface area (Å²) in [6.45, 7) is 7.94. The van der Waals surface area contributed by atoms with Gasteiger partial charge in [0.2, 0.25) is 5.95 Å². The Morgan fingerprint density at radius 2 is 1.74 bits per heavy atom. The first-order chi connectivity index (χ1) is 16.7. The molecule has 6 bridgehead atoms. The Bertz CT molecular complexity index is 1130. The smallest absolute Gasteiger partial charge is 0.227 e. The number of fused-ring (bicyclic) bond motifs is 7. The number of nitrogens with one attached hydrogen (secondary N) is 1. The molecule has 0 aliphatic carbocycles. The number of nitrogens with zero attached hydrogens (tertiary/aromatic N) is 4. The molecule has 178 valence electrons. The summed E-state index contributed by atoms with van der Waals surface area (Å²) in [5, 5.41) is 3.36. The van der Waals surface area contributed by atoms with Gasteiger partial charge in [-0.1, -0.05) is 12.1 Å². The van der Waals surface area contributed by atoms with E-state index in [1.54, 1.807) is 0 Å². The van der Waals surface area contributed by atoms with Crippen molar-refractivity contribution in [3.8, 4) is 22.8 Å². The lowest BCUT2D eigenvalue weighted by Crippen LogP contribution is -2.44. The van der Waals surface area contributed by atoms with Crippen molar-refractivity contribution in [1.82, 2.24) is 14.9 Å². The summed E-state index contributed by atoms with van der Waals surface area (Å²) >= 11 is 0. The van der Waals surface area contributed by atoms with E-state index in [9.17, 15) is 0 Å². The quantitative estimate of drug-likeness (QED) is 0.588. The molecule has 8 heteroatoms. The molecular formula is C26H31N5O3. The molecule has 0 unspecified atom stereocenters. The summed E-state index contributed by atoms with van der Waals surface area (Å²) in [7, 11) is 2.16. The maximum absolute atomic E-state index is 6.19. The van der Waals surface area contributed by atoms with Crippen molar-refractivity contribution in [2.75, 3.05) is 69.9 Å². The van der Waals surface area contributed by atoms with Gasteiger partial charge in [0.1, 0.15) is 24.7 Å². The van der Waals surface area contributed by atoms with Gasteiger partial charge in [-0.25, -0.2) is 9.97 Å². The van der Waals surface area contributed by atoms with Crippen molar-refractivity contribution in [2.24, 2.45) is 0 Å². The highest BCUT2D eigenvalue weighted by atomic mass is 16.5. The first-order valence-electron chi connectivity index (χ1n) is 11.8. The number of aryl methyl sites for hydroxylation is 1. The summed E-state index contributed by atoms with van der Waals surface area (Å²) in [6, 6.07) is 14.2. The number of hydrogen-bond acceptors (Lipinski definition) is 8. The molecule has 3 heterocycles. The van der Waals surface area contributed by atoms with Gasteiger partial charge in [0.15, 0.2) is 0 Å². The molecule has 0 saturated carbocycles. The monoisotopic (exact) mass is 461 g/mol. The Hall–Kier alpha value is -3.36. The van der Waals surface area contributed by atoms with Gasteiger partial charge in [0, 0.05) is 49.7 Å². The molecule has 1 aromatic heterocycles. The zero-order chi connectivity index (χ0) is 23.3. The van der Waals surface area contributed by atoms with E-state index in [1.807, 2.05) is 43.5 Å². The van der Waals surface area contributed by atoms with Crippen molar-refractivity contribution in [2.45, 2.75) is 6.92 Å². The Labute approximate surface area is 200 Å². The second kappa shape index (κ2) is 10.3. The van der Waals surface area contributed by atoms with Crippen LogP contribution in [0.3, 0.4) is 0 Å². The lowest BCUT2D eigenvalue weighted by Gasteiger charge is -2.35. The van der Waals surface area contributed by atoms with E-state index >= 15 is 0 Å². The van der Waals surface area contributed by atoms with Crippen molar-refractivity contribution in [3.05, 3.63) is 54.2 Å². The summed E-state index contributed by atoms with van der Waals surface area (Å²) in [6.07, 6.45) is 1.84. The number of anilines is 3. The van der Waals surface area contributed by atoms with E-state index in [4.69, 9.17) is 19.2 Å². The molecule has 2 aromatic carbocycles. The molecular weight excluding hydrogens is 430 g/mol. The fourth-order valence-electron chi connectivity index (χ4n) is 4.20. The van der Waals surface area contributed by atoms with Gasteiger partial charge >= 0.3 is 0 Å². The molecule has 0 atom stereocenters. The molecule has 0 spiro atoms. The highest BCUT2D eigenvalue weighted by Crippen LogP contribution is 2.33. The number of hydrogen-bond donors (Lipinski definition) is 1. The SMILES string of the molecule is Cc1cnc2nc1-c1cccc(c1)OCCOCCOc1cc(ccc1N1CCN(C)CC1)N2. The van der Waals surface area contributed by atoms with Crippen LogP contribution in [-0.4, -0.2) is 74.5 Å². The number of rotatable bonds is 1. The zero-order valence-electron chi connectivity index (χ0n) is 19.8.